The first-order valence-corrected chi connectivity index (χ1v) is 24.2. The van der Waals surface area contributed by atoms with Gasteiger partial charge in [0.15, 0.2) is 5.71 Å². The monoisotopic (exact) mass is 985 g/mol. The van der Waals surface area contributed by atoms with Crippen molar-refractivity contribution < 1.29 is 178 Å². The van der Waals surface area contributed by atoms with E-state index in [2.05, 4.69) is 20.0 Å². The van der Waals surface area contributed by atoms with Crippen molar-refractivity contribution in [2.24, 2.45) is 0 Å². The van der Waals surface area contributed by atoms with Crippen molar-refractivity contribution in [2.45, 2.75) is 64.2 Å². The number of hydrogen-bond acceptors (Lipinski definition) is 15. The van der Waals surface area contributed by atoms with Gasteiger partial charge in [0, 0.05) is 95.2 Å². The SMILES string of the molecule is CC1(C)C(/C=C/C=C2/N(CCCCS(=O)(=O)O)c3ccc(C(=O)NCCSOO[O-])cc3C2(C)C)=[N+](CCCCS(=O)(=O)[O-])c2ccc(C(=O)NCCS(=O)(=O)[O-])cc21.[K+].[Na+].[Na+]. The minimum absolute atomic E-state index is 0. The third-order valence-electron chi connectivity index (χ3n) is 10.1. The molecule has 2 amide bonds. The molecule has 18 nitrogen and oxygen atoms in total. The van der Waals surface area contributed by atoms with Crippen LogP contribution in [-0.2, 0) is 50.6 Å². The van der Waals surface area contributed by atoms with Crippen LogP contribution in [0.5, 0.6) is 0 Å². The summed E-state index contributed by atoms with van der Waals surface area (Å²) in [6.07, 6.45) is 6.71. The number of anilines is 1. The van der Waals surface area contributed by atoms with Gasteiger partial charge in [0.1, 0.15) is 6.54 Å². The molecule has 0 saturated carbocycles. The van der Waals surface area contributed by atoms with Crippen LogP contribution in [0.4, 0.5) is 11.4 Å². The Morgan fingerprint density at radius 1 is 0.823 bits per heavy atom. The Morgan fingerprint density at radius 3 is 2.00 bits per heavy atom. The van der Waals surface area contributed by atoms with Gasteiger partial charge in [-0.05, 0) is 75.1 Å². The molecule has 2 aliphatic rings. The molecule has 0 aliphatic carbocycles. The van der Waals surface area contributed by atoms with Gasteiger partial charge in [-0.2, -0.15) is 17.3 Å². The molecule has 0 bridgehead atoms. The minimum Gasteiger partial charge on any atom is -0.748 e. The number of hydrogen-bond donors (Lipinski definition) is 3. The third-order valence-corrected chi connectivity index (χ3v) is 12.9. The Kier molecular flexibility index (Phi) is 25.0. The smallest absolute Gasteiger partial charge is 0.748 e. The zero-order chi connectivity index (χ0) is 43.8. The van der Waals surface area contributed by atoms with E-state index in [0.29, 0.717) is 31.5 Å². The van der Waals surface area contributed by atoms with Crippen LogP contribution in [0.2, 0.25) is 0 Å². The van der Waals surface area contributed by atoms with Gasteiger partial charge in [0.25, 0.3) is 21.9 Å². The number of carbonyl (C=O) groups is 2. The van der Waals surface area contributed by atoms with Crippen molar-refractivity contribution in [1.82, 2.24) is 10.6 Å². The second kappa shape index (κ2) is 25.9. The van der Waals surface area contributed by atoms with E-state index in [1.54, 1.807) is 30.3 Å². The Bertz CT molecular complexity index is 2340. The van der Waals surface area contributed by atoms with Crippen molar-refractivity contribution >= 4 is 71.3 Å². The second-order valence-corrected chi connectivity index (χ2v) is 20.4. The van der Waals surface area contributed by atoms with Gasteiger partial charge in [-0.15, -0.1) is 0 Å². The largest absolute Gasteiger partial charge is 1.00 e. The summed E-state index contributed by atoms with van der Waals surface area (Å²) >= 11 is 0.742. The number of amides is 2. The maximum absolute atomic E-state index is 13.1. The maximum atomic E-state index is 13.1. The standard InChI is InChI=1S/C37H50N4O14S4.K.2Na/c1-36(2)28-24-26(34(42)38-16-20-56-55-54-44)12-14-30(28)40(18-5-7-21-57(45,46)47)32(36)10-9-11-33-37(3,4)29-25-27(35(43)39-17-23-59(51,52)53)13-15-31(29)41(33)19-6-8-22-58(48,49)50;;;/h9-15,24-25H,5-8,16-23H2,1-4H3,(H5-,38,39,42,43,44,45,46,47,48,49,50,51,52,53);;;/q;3*+1/p-2. The quantitative estimate of drug-likeness (QED) is 0.0188. The molecule has 0 aromatic heterocycles. The Morgan fingerprint density at radius 2 is 1.40 bits per heavy atom. The van der Waals surface area contributed by atoms with Crippen LogP contribution in [0, 0.1) is 0 Å². The molecule has 0 atom stereocenters. The van der Waals surface area contributed by atoms with Gasteiger partial charge in [-0.3, -0.25) is 19.2 Å². The van der Waals surface area contributed by atoms with Crippen LogP contribution >= 0.6 is 12.0 Å². The Labute approximate surface area is 454 Å². The summed E-state index contributed by atoms with van der Waals surface area (Å²) in [5, 5.41) is 18.6. The van der Waals surface area contributed by atoms with Crippen LogP contribution in [0.3, 0.4) is 0 Å². The predicted octanol–water partition coefficient (Wildman–Crippen LogP) is -6.82. The molecular weight excluding hydrogens is 938 g/mol. The Hall–Kier alpha value is -0.0736. The molecule has 4 rings (SSSR count). The molecule has 0 spiro atoms. The topological polar surface area (TPSA) is 275 Å². The van der Waals surface area contributed by atoms with Crippen LogP contribution in [0.25, 0.3) is 0 Å². The third kappa shape index (κ3) is 17.2. The van der Waals surface area contributed by atoms with Gasteiger partial charge in [0.05, 0.1) is 37.2 Å². The van der Waals surface area contributed by atoms with Crippen molar-refractivity contribution in [3.05, 3.63) is 82.6 Å². The summed E-state index contributed by atoms with van der Waals surface area (Å²) in [5.41, 5.74) is 3.90. The van der Waals surface area contributed by atoms with Crippen molar-refractivity contribution in [3.8, 4) is 0 Å². The molecule has 0 radical (unpaired) electrons. The molecule has 0 saturated heterocycles. The summed E-state index contributed by atoms with van der Waals surface area (Å²) < 4.78 is 106. The number of allylic oxidation sites excluding steroid dienone is 4. The van der Waals surface area contributed by atoms with Gasteiger partial charge in [-0.25, -0.2) is 16.8 Å². The van der Waals surface area contributed by atoms with E-state index < -0.39 is 64.4 Å². The zero-order valence-electron chi connectivity index (χ0n) is 36.0. The molecule has 25 heteroatoms. The van der Waals surface area contributed by atoms with Gasteiger partial charge in [0.2, 0.25) is 5.69 Å². The molecular formula is C37H48KN4Na2O14S4+. The number of unbranched alkanes of at least 4 members (excludes halogenated alkanes) is 2. The number of nitrogens with one attached hydrogen (secondary N) is 2. The molecule has 3 N–H and O–H groups in total. The van der Waals surface area contributed by atoms with Gasteiger partial charge in [-0.1, -0.05) is 19.9 Å². The molecule has 2 aromatic rings. The molecule has 2 aliphatic heterocycles. The number of nitrogens with zero attached hydrogens (tertiary/aromatic N) is 2. The summed E-state index contributed by atoms with van der Waals surface area (Å²) in [7, 11) is -13.1. The molecule has 2 heterocycles. The fourth-order valence-corrected chi connectivity index (χ4v) is 8.97. The van der Waals surface area contributed by atoms with Gasteiger partial charge < -0.3 is 29.9 Å². The number of benzene rings is 2. The summed E-state index contributed by atoms with van der Waals surface area (Å²) in [4.78, 5) is 28.1. The van der Waals surface area contributed by atoms with E-state index in [1.165, 1.54) is 0 Å². The molecule has 0 fully saturated rings. The van der Waals surface area contributed by atoms with Crippen LogP contribution in [0.1, 0.15) is 85.2 Å². The number of rotatable bonds is 22. The molecule has 0 unspecified atom stereocenters. The van der Waals surface area contributed by atoms with E-state index in [9.17, 15) is 53.8 Å². The van der Waals surface area contributed by atoms with Crippen molar-refractivity contribution in [3.63, 3.8) is 0 Å². The normalized spacial score (nSPS) is 16.0. The number of fused-ring (bicyclic) bond motifs is 2. The average Bonchev–Trinajstić information content (AvgIpc) is 3.47. The average molecular weight is 986 g/mol. The first kappa shape index (κ1) is 59.9. The van der Waals surface area contributed by atoms with E-state index in [-0.39, 0.29) is 154 Å². The number of carbonyl (C=O) groups excluding carboxylic acids is 2. The predicted molar refractivity (Wildman–Crippen MR) is 217 cm³/mol. The van der Waals surface area contributed by atoms with Gasteiger partial charge >= 0.3 is 110 Å². The molecule has 62 heavy (non-hydrogen) atoms. The minimum atomic E-state index is -4.54. The van der Waals surface area contributed by atoms with E-state index in [0.717, 1.165) is 46.0 Å². The fraction of sp³-hybridized carbons (Fsp3) is 0.486. The van der Waals surface area contributed by atoms with E-state index >= 15 is 0 Å². The molecule has 2 aromatic carbocycles. The summed E-state index contributed by atoms with van der Waals surface area (Å²) in [6, 6.07) is 10.2. The van der Waals surface area contributed by atoms with Crippen LogP contribution in [0.15, 0.2) is 60.3 Å². The Balaban J connectivity index is 0.00000641. The first-order chi connectivity index (χ1) is 27.5. The van der Waals surface area contributed by atoms with E-state index in [1.807, 2.05) is 61.5 Å². The second-order valence-electron chi connectivity index (χ2n) is 15.0. The van der Waals surface area contributed by atoms with Crippen LogP contribution < -0.4 is 131 Å². The summed E-state index contributed by atoms with van der Waals surface area (Å²) in [5.74, 6) is -2.37. The van der Waals surface area contributed by atoms with Crippen LogP contribution in [-0.4, -0.2) is 110 Å². The fourth-order valence-electron chi connectivity index (χ4n) is 7.20. The molecule has 326 valence electrons. The first-order valence-electron chi connectivity index (χ1n) is 18.5. The maximum Gasteiger partial charge on any atom is 1.00 e. The van der Waals surface area contributed by atoms with Crippen molar-refractivity contribution in [1.29, 1.82) is 0 Å². The zero-order valence-corrected chi connectivity index (χ0v) is 46.4. The van der Waals surface area contributed by atoms with Crippen molar-refractivity contribution in [2.75, 3.05) is 54.1 Å². The van der Waals surface area contributed by atoms with E-state index in [4.69, 9.17) is 0 Å². The summed E-state index contributed by atoms with van der Waals surface area (Å²) in [6.45, 7) is 8.40.